The Balaban J connectivity index is 1.71. The van der Waals surface area contributed by atoms with Crippen LogP contribution in [0.1, 0.15) is 42.0 Å². The van der Waals surface area contributed by atoms with Crippen LogP contribution >= 0.6 is 0 Å². The molecule has 2 aromatic rings. The zero-order valence-electron chi connectivity index (χ0n) is 15.8. The van der Waals surface area contributed by atoms with E-state index in [-0.39, 0.29) is 11.9 Å². The van der Waals surface area contributed by atoms with Crippen LogP contribution in [0, 0.1) is 6.92 Å². The monoisotopic (exact) mass is 353 g/mol. The summed E-state index contributed by atoms with van der Waals surface area (Å²) in [7, 11) is 3.30. The molecule has 0 bridgehead atoms. The zero-order chi connectivity index (χ0) is 18.5. The highest BCUT2D eigenvalue weighted by Gasteiger charge is 2.30. The van der Waals surface area contributed by atoms with Gasteiger partial charge in [-0.05, 0) is 61.1 Å². The number of aryl methyl sites for hydroxylation is 2. The van der Waals surface area contributed by atoms with Crippen molar-refractivity contribution in [3.05, 3.63) is 59.2 Å². The van der Waals surface area contributed by atoms with Gasteiger partial charge in [0.25, 0.3) is 0 Å². The van der Waals surface area contributed by atoms with Crippen LogP contribution in [0.25, 0.3) is 0 Å². The molecule has 1 aliphatic heterocycles. The Morgan fingerprint density at radius 3 is 2.69 bits per heavy atom. The molecule has 1 unspecified atom stereocenters. The minimum atomic E-state index is 0.205. The Morgan fingerprint density at radius 2 is 1.96 bits per heavy atom. The lowest BCUT2D eigenvalue weighted by atomic mass is 9.99. The summed E-state index contributed by atoms with van der Waals surface area (Å²) in [5, 5.41) is 0. The van der Waals surface area contributed by atoms with Crippen LogP contribution in [-0.2, 0) is 11.2 Å². The second-order valence-electron chi connectivity index (χ2n) is 6.78. The highest BCUT2D eigenvalue weighted by molar-refractivity contribution is 5.77. The summed E-state index contributed by atoms with van der Waals surface area (Å²) in [4.78, 5) is 15.0. The lowest BCUT2D eigenvalue weighted by molar-refractivity contribution is -0.132. The van der Waals surface area contributed by atoms with E-state index in [9.17, 15) is 4.79 Å². The largest absolute Gasteiger partial charge is 0.497 e. The topological polar surface area (TPSA) is 38.8 Å². The Morgan fingerprint density at radius 1 is 1.15 bits per heavy atom. The Bertz CT molecular complexity index is 772. The summed E-state index contributed by atoms with van der Waals surface area (Å²) >= 11 is 0. The first-order valence-electron chi connectivity index (χ1n) is 9.20. The van der Waals surface area contributed by atoms with E-state index in [0.29, 0.717) is 12.8 Å². The zero-order valence-corrected chi connectivity index (χ0v) is 15.8. The van der Waals surface area contributed by atoms with Crippen molar-refractivity contribution in [3.63, 3.8) is 0 Å². The van der Waals surface area contributed by atoms with Crippen molar-refractivity contribution >= 4 is 5.91 Å². The van der Waals surface area contributed by atoms with E-state index < -0.39 is 0 Å². The molecule has 1 atom stereocenters. The second kappa shape index (κ2) is 8.26. The van der Waals surface area contributed by atoms with Gasteiger partial charge < -0.3 is 14.4 Å². The number of amides is 1. The van der Waals surface area contributed by atoms with Gasteiger partial charge in [0, 0.05) is 13.0 Å². The first kappa shape index (κ1) is 18.3. The summed E-state index contributed by atoms with van der Waals surface area (Å²) in [5.74, 6) is 1.79. The van der Waals surface area contributed by atoms with E-state index in [0.717, 1.165) is 36.4 Å². The van der Waals surface area contributed by atoms with Gasteiger partial charge in [0.1, 0.15) is 11.5 Å². The van der Waals surface area contributed by atoms with Crippen LogP contribution in [0.3, 0.4) is 0 Å². The van der Waals surface area contributed by atoms with Crippen molar-refractivity contribution in [2.45, 2.75) is 38.6 Å². The summed E-state index contributed by atoms with van der Waals surface area (Å²) < 4.78 is 10.7. The van der Waals surface area contributed by atoms with Gasteiger partial charge in [0.2, 0.25) is 5.91 Å². The lowest BCUT2D eigenvalue weighted by Crippen LogP contribution is -2.31. The fourth-order valence-corrected chi connectivity index (χ4v) is 3.81. The number of hydrogen-bond donors (Lipinski definition) is 0. The van der Waals surface area contributed by atoms with Gasteiger partial charge in [0.15, 0.2) is 0 Å². The number of methoxy groups -OCH3 is 2. The maximum absolute atomic E-state index is 12.9. The number of carbonyl (C=O) groups excluding carboxylic acids is 1. The Kier molecular flexibility index (Phi) is 5.82. The highest BCUT2D eigenvalue weighted by atomic mass is 16.5. The smallest absolute Gasteiger partial charge is 0.223 e. The molecular formula is C22H27NO3. The van der Waals surface area contributed by atoms with Gasteiger partial charge in [-0.3, -0.25) is 4.79 Å². The number of ether oxygens (including phenoxy) is 2. The van der Waals surface area contributed by atoms with E-state index in [1.807, 2.05) is 18.2 Å². The molecule has 0 spiro atoms. The molecule has 0 radical (unpaired) electrons. The van der Waals surface area contributed by atoms with Gasteiger partial charge in [-0.15, -0.1) is 0 Å². The van der Waals surface area contributed by atoms with Crippen molar-refractivity contribution < 1.29 is 14.3 Å². The van der Waals surface area contributed by atoms with Crippen molar-refractivity contribution in [2.75, 3.05) is 20.8 Å². The van der Waals surface area contributed by atoms with Gasteiger partial charge in [-0.1, -0.05) is 24.3 Å². The lowest BCUT2D eigenvalue weighted by Gasteiger charge is -2.26. The van der Waals surface area contributed by atoms with Crippen molar-refractivity contribution in [1.29, 1.82) is 0 Å². The number of likely N-dealkylation sites (tertiary alicyclic amines) is 1. The molecule has 0 N–H and O–H groups in total. The van der Waals surface area contributed by atoms with Gasteiger partial charge >= 0.3 is 0 Å². The normalized spacial score (nSPS) is 16.6. The van der Waals surface area contributed by atoms with Gasteiger partial charge in [0.05, 0.1) is 20.3 Å². The van der Waals surface area contributed by atoms with Crippen LogP contribution in [0.5, 0.6) is 11.5 Å². The summed E-state index contributed by atoms with van der Waals surface area (Å²) in [5.41, 5.74) is 3.54. The predicted molar refractivity (Wildman–Crippen MR) is 103 cm³/mol. The van der Waals surface area contributed by atoms with Crippen LogP contribution in [0.4, 0.5) is 0 Å². The van der Waals surface area contributed by atoms with E-state index >= 15 is 0 Å². The van der Waals surface area contributed by atoms with E-state index in [2.05, 4.69) is 36.1 Å². The second-order valence-corrected chi connectivity index (χ2v) is 6.78. The van der Waals surface area contributed by atoms with Crippen molar-refractivity contribution in [3.8, 4) is 11.5 Å². The number of carbonyl (C=O) groups is 1. The minimum absolute atomic E-state index is 0.205. The third-order valence-electron chi connectivity index (χ3n) is 5.22. The average molecular weight is 353 g/mol. The van der Waals surface area contributed by atoms with E-state index in [4.69, 9.17) is 9.47 Å². The number of nitrogens with zero attached hydrogens (tertiary/aromatic N) is 1. The molecule has 1 fully saturated rings. The van der Waals surface area contributed by atoms with E-state index in [1.54, 1.807) is 14.2 Å². The molecule has 2 aromatic carbocycles. The quantitative estimate of drug-likeness (QED) is 0.777. The third kappa shape index (κ3) is 3.85. The van der Waals surface area contributed by atoms with Crippen molar-refractivity contribution in [2.24, 2.45) is 0 Å². The standard InChI is InChI=1S/C22H27NO3/c1-16-7-4-5-8-19(16)20-9-6-14-23(20)22(24)13-10-17-15-18(25-2)11-12-21(17)26-3/h4-5,7-8,11-12,15,20H,6,9-10,13-14H2,1-3H3. The molecule has 1 amide bonds. The van der Waals surface area contributed by atoms with Gasteiger partial charge in [-0.2, -0.15) is 0 Å². The number of benzene rings is 2. The maximum atomic E-state index is 12.9. The first-order chi connectivity index (χ1) is 12.6. The molecule has 26 heavy (non-hydrogen) atoms. The molecule has 3 rings (SSSR count). The molecular weight excluding hydrogens is 326 g/mol. The fraction of sp³-hybridized carbons (Fsp3) is 0.409. The maximum Gasteiger partial charge on any atom is 0.223 e. The van der Waals surface area contributed by atoms with E-state index in [1.165, 1.54) is 11.1 Å². The van der Waals surface area contributed by atoms with Crippen LogP contribution < -0.4 is 9.47 Å². The molecule has 4 heteroatoms. The average Bonchev–Trinajstić information content (AvgIpc) is 3.15. The Labute approximate surface area is 155 Å². The van der Waals surface area contributed by atoms with Crippen LogP contribution in [0.15, 0.2) is 42.5 Å². The molecule has 1 heterocycles. The SMILES string of the molecule is COc1ccc(OC)c(CCC(=O)N2CCCC2c2ccccc2C)c1. The summed E-state index contributed by atoms with van der Waals surface area (Å²) in [6, 6.07) is 14.3. The number of hydrogen-bond acceptors (Lipinski definition) is 3. The summed E-state index contributed by atoms with van der Waals surface area (Å²) in [6.07, 6.45) is 3.23. The summed E-state index contributed by atoms with van der Waals surface area (Å²) in [6.45, 7) is 2.96. The van der Waals surface area contributed by atoms with Crippen LogP contribution in [0.2, 0.25) is 0 Å². The predicted octanol–water partition coefficient (Wildman–Crippen LogP) is 4.31. The molecule has 0 saturated carbocycles. The molecule has 0 aromatic heterocycles. The first-order valence-corrected chi connectivity index (χ1v) is 9.20. The molecule has 4 nitrogen and oxygen atoms in total. The van der Waals surface area contributed by atoms with Crippen LogP contribution in [-0.4, -0.2) is 31.6 Å². The molecule has 1 aliphatic rings. The molecule has 1 saturated heterocycles. The Hall–Kier alpha value is -2.49. The third-order valence-corrected chi connectivity index (χ3v) is 5.22. The molecule has 0 aliphatic carbocycles. The number of rotatable bonds is 6. The molecule has 138 valence electrons. The fourth-order valence-electron chi connectivity index (χ4n) is 3.81. The van der Waals surface area contributed by atoms with Crippen molar-refractivity contribution in [1.82, 2.24) is 4.90 Å². The van der Waals surface area contributed by atoms with Gasteiger partial charge in [-0.25, -0.2) is 0 Å². The highest BCUT2D eigenvalue weighted by Crippen LogP contribution is 2.34. The minimum Gasteiger partial charge on any atom is -0.497 e.